The van der Waals surface area contributed by atoms with Crippen molar-refractivity contribution < 1.29 is 29.2 Å². The lowest BCUT2D eigenvalue weighted by Crippen LogP contribution is -2.44. The Labute approximate surface area is 114 Å². The number of aromatic nitrogens is 1. The lowest BCUT2D eigenvalue weighted by molar-refractivity contribution is -0.499. The fourth-order valence-corrected chi connectivity index (χ4v) is 1.45. The van der Waals surface area contributed by atoms with Gasteiger partial charge in [0.1, 0.15) is 11.3 Å². The van der Waals surface area contributed by atoms with Gasteiger partial charge in [0.2, 0.25) is 6.54 Å². The van der Waals surface area contributed by atoms with Crippen molar-refractivity contribution in [2.45, 2.75) is 32.0 Å². The first-order valence-corrected chi connectivity index (χ1v) is 5.82. The van der Waals surface area contributed by atoms with Gasteiger partial charge >= 0.3 is 5.97 Å². The molecule has 0 aliphatic rings. The molecule has 1 heterocycles. The second kappa shape index (κ2) is 5.55. The normalized spacial score (nSPS) is 14.7. The predicted molar refractivity (Wildman–Crippen MR) is 64.1 cm³/mol. The van der Waals surface area contributed by atoms with E-state index < -0.39 is 28.6 Å². The summed E-state index contributed by atoms with van der Waals surface area (Å²) in [5.41, 5.74) is -4.35. The monoisotopic (exact) mass is 288 g/mol. The molecule has 1 atom stereocenters. The van der Waals surface area contributed by atoms with Crippen molar-refractivity contribution in [3.8, 4) is 0 Å². The smallest absolute Gasteiger partial charge is 0.351 e. The van der Waals surface area contributed by atoms with E-state index in [1.54, 1.807) is 0 Å². The minimum Gasteiger partial charge on any atom is -0.463 e. The van der Waals surface area contributed by atoms with E-state index in [9.17, 15) is 25.1 Å². The van der Waals surface area contributed by atoms with E-state index in [1.165, 1.54) is 20.8 Å². The maximum absolute atomic E-state index is 11.7. The van der Waals surface area contributed by atoms with Gasteiger partial charge in [-0.25, -0.2) is 4.79 Å². The maximum atomic E-state index is 11.7. The second-order valence-corrected chi connectivity index (χ2v) is 4.71. The van der Waals surface area contributed by atoms with Crippen LogP contribution in [0.2, 0.25) is 0 Å². The van der Waals surface area contributed by atoms with Gasteiger partial charge in [0.25, 0.3) is 5.60 Å². The zero-order chi connectivity index (χ0) is 15.6. The third-order valence-corrected chi connectivity index (χ3v) is 2.51. The topological polar surface area (TPSA) is 136 Å². The number of esters is 1. The van der Waals surface area contributed by atoms with Gasteiger partial charge < -0.3 is 19.5 Å². The van der Waals surface area contributed by atoms with Crippen LogP contribution in [0.1, 0.15) is 32.2 Å². The molecule has 0 aliphatic heterocycles. The molecule has 0 fully saturated rings. The number of hydrogen-bond donors (Lipinski definition) is 2. The number of carbonyl (C=O) groups is 1. The third kappa shape index (κ3) is 3.31. The van der Waals surface area contributed by atoms with E-state index in [0.29, 0.717) is 0 Å². The molecule has 9 heteroatoms. The third-order valence-electron chi connectivity index (χ3n) is 2.51. The number of nitro groups is 1. The standard InChI is InChI=1S/C11H16N2O7/c1-4-19-9(14)11(16,6-13(17)18)7-5-8(20-12-7)10(2,3)15/h5,15-16H,4,6H2,1-3H3. The Morgan fingerprint density at radius 3 is 2.55 bits per heavy atom. The van der Waals surface area contributed by atoms with Gasteiger partial charge in [0, 0.05) is 11.0 Å². The quantitative estimate of drug-likeness (QED) is 0.421. The van der Waals surface area contributed by atoms with Crippen LogP contribution >= 0.6 is 0 Å². The summed E-state index contributed by atoms with van der Waals surface area (Å²) in [6.45, 7) is 3.11. The minimum absolute atomic E-state index is 0.0430. The van der Waals surface area contributed by atoms with Gasteiger partial charge in [-0.05, 0) is 20.8 Å². The summed E-state index contributed by atoms with van der Waals surface area (Å²) in [7, 11) is 0. The van der Waals surface area contributed by atoms with E-state index in [1.807, 2.05) is 0 Å². The summed E-state index contributed by atoms with van der Waals surface area (Å²) in [4.78, 5) is 21.5. The molecule has 1 unspecified atom stereocenters. The number of hydrogen-bond acceptors (Lipinski definition) is 8. The number of aliphatic hydroxyl groups is 2. The van der Waals surface area contributed by atoms with E-state index in [0.717, 1.165) is 6.07 Å². The number of rotatable bonds is 6. The minimum atomic E-state index is -2.56. The van der Waals surface area contributed by atoms with Crippen molar-refractivity contribution in [2.24, 2.45) is 0 Å². The lowest BCUT2D eigenvalue weighted by atomic mass is 9.97. The summed E-state index contributed by atoms with van der Waals surface area (Å²) < 4.78 is 9.41. The van der Waals surface area contributed by atoms with Crippen LogP contribution < -0.4 is 0 Å². The Morgan fingerprint density at radius 1 is 1.55 bits per heavy atom. The highest BCUT2D eigenvalue weighted by Gasteiger charge is 2.48. The largest absolute Gasteiger partial charge is 0.463 e. The highest BCUT2D eigenvalue weighted by Crippen LogP contribution is 2.27. The van der Waals surface area contributed by atoms with E-state index in [2.05, 4.69) is 9.89 Å². The second-order valence-electron chi connectivity index (χ2n) is 4.71. The summed E-state index contributed by atoms with van der Waals surface area (Å²) in [6, 6.07) is 1.08. The summed E-state index contributed by atoms with van der Waals surface area (Å²) >= 11 is 0. The van der Waals surface area contributed by atoms with Crippen molar-refractivity contribution in [3.63, 3.8) is 0 Å². The Hall–Kier alpha value is -2.00. The van der Waals surface area contributed by atoms with Crippen molar-refractivity contribution in [1.82, 2.24) is 5.16 Å². The highest BCUT2D eigenvalue weighted by molar-refractivity contribution is 5.80. The number of nitrogens with zero attached hydrogens (tertiary/aromatic N) is 2. The summed E-state index contributed by atoms with van der Waals surface area (Å²) in [5, 5.41) is 34.0. The molecule has 9 nitrogen and oxygen atoms in total. The van der Waals surface area contributed by atoms with E-state index in [-0.39, 0.29) is 18.1 Å². The Bertz CT molecular complexity index is 505. The van der Waals surface area contributed by atoms with E-state index in [4.69, 9.17) is 4.52 Å². The van der Waals surface area contributed by atoms with Gasteiger partial charge in [-0.1, -0.05) is 5.16 Å². The summed E-state index contributed by atoms with van der Waals surface area (Å²) in [6.07, 6.45) is 0. The molecule has 0 saturated heterocycles. The molecular weight excluding hydrogens is 272 g/mol. The van der Waals surface area contributed by atoms with Crippen LogP contribution in [0.25, 0.3) is 0 Å². The lowest BCUT2D eigenvalue weighted by Gasteiger charge is -2.18. The van der Waals surface area contributed by atoms with Crippen molar-refractivity contribution in [3.05, 3.63) is 27.6 Å². The molecule has 20 heavy (non-hydrogen) atoms. The van der Waals surface area contributed by atoms with Gasteiger partial charge in [0.05, 0.1) is 6.61 Å². The molecule has 0 amide bonds. The molecule has 2 N–H and O–H groups in total. The van der Waals surface area contributed by atoms with Crippen LogP contribution in [0.3, 0.4) is 0 Å². The maximum Gasteiger partial charge on any atom is 0.351 e. The molecule has 0 aliphatic carbocycles. The predicted octanol–water partition coefficient (Wildman–Crippen LogP) is -0.0706. The number of carbonyl (C=O) groups excluding carboxylic acids is 1. The molecule has 0 radical (unpaired) electrons. The van der Waals surface area contributed by atoms with Gasteiger partial charge in [0.15, 0.2) is 5.76 Å². The van der Waals surface area contributed by atoms with Crippen LogP contribution in [-0.4, -0.2) is 39.4 Å². The fraction of sp³-hybridized carbons (Fsp3) is 0.636. The molecular formula is C11H16N2O7. The average molecular weight is 288 g/mol. The van der Waals surface area contributed by atoms with Crippen molar-refractivity contribution in [2.75, 3.05) is 13.2 Å². The molecule has 0 spiro atoms. The fourth-order valence-electron chi connectivity index (χ4n) is 1.45. The van der Waals surface area contributed by atoms with Crippen molar-refractivity contribution in [1.29, 1.82) is 0 Å². The van der Waals surface area contributed by atoms with Crippen LogP contribution in [0.5, 0.6) is 0 Å². The van der Waals surface area contributed by atoms with Crippen LogP contribution in [-0.2, 0) is 20.7 Å². The molecule has 0 aromatic carbocycles. The number of ether oxygens (including phenoxy) is 1. The Morgan fingerprint density at radius 2 is 2.15 bits per heavy atom. The van der Waals surface area contributed by atoms with Gasteiger partial charge in [-0.3, -0.25) is 10.1 Å². The highest BCUT2D eigenvalue weighted by atomic mass is 16.6. The first-order chi connectivity index (χ1) is 9.11. The molecule has 112 valence electrons. The van der Waals surface area contributed by atoms with Gasteiger partial charge in [-0.15, -0.1) is 0 Å². The SMILES string of the molecule is CCOC(=O)C(O)(C[N+](=O)[O-])c1cc(C(C)(C)O)on1. The van der Waals surface area contributed by atoms with Crippen LogP contribution in [0.15, 0.2) is 10.6 Å². The Balaban J connectivity index is 3.20. The average Bonchev–Trinajstić information content (AvgIpc) is 2.77. The molecule has 0 saturated carbocycles. The van der Waals surface area contributed by atoms with Crippen LogP contribution in [0.4, 0.5) is 0 Å². The van der Waals surface area contributed by atoms with E-state index >= 15 is 0 Å². The van der Waals surface area contributed by atoms with Crippen LogP contribution in [0, 0.1) is 10.1 Å². The molecule has 1 aromatic heterocycles. The zero-order valence-corrected chi connectivity index (χ0v) is 11.3. The molecule has 0 bridgehead atoms. The van der Waals surface area contributed by atoms with Crippen molar-refractivity contribution >= 4 is 5.97 Å². The molecule has 1 rings (SSSR count). The molecule has 1 aromatic rings. The zero-order valence-electron chi connectivity index (χ0n) is 11.3. The van der Waals surface area contributed by atoms with Gasteiger partial charge in [-0.2, -0.15) is 0 Å². The summed E-state index contributed by atoms with van der Waals surface area (Å²) in [5.74, 6) is -1.24. The first kappa shape index (κ1) is 16.1. The first-order valence-electron chi connectivity index (χ1n) is 5.82. The Kier molecular flexibility index (Phi) is 4.46.